The average molecular weight is 314 g/mol. The lowest BCUT2D eigenvalue weighted by atomic mass is 10.1. The maximum absolute atomic E-state index is 5.82. The van der Waals surface area contributed by atoms with Gasteiger partial charge in [-0.1, -0.05) is 17.7 Å². The molecule has 0 bridgehead atoms. The maximum atomic E-state index is 5.82. The second-order valence-corrected chi connectivity index (χ2v) is 4.45. The van der Waals surface area contributed by atoms with Crippen LogP contribution in [0.25, 0.3) is 0 Å². The summed E-state index contributed by atoms with van der Waals surface area (Å²) in [5.74, 6) is 0.995. The summed E-state index contributed by atoms with van der Waals surface area (Å²) in [5.41, 5.74) is 8.02. The topological polar surface area (TPSA) is 59.6 Å². The van der Waals surface area contributed by atoms with Crippen molar-refractivity contribution in [2.45, 2.75) is 13.3 Å². The van der Waals surface area contributed by atoms with Gasteiger partial charge in [0.15, 0.2) is 5.96 Å². The van der Waals surface area contributed by atoms with Gasteiger partial charge in [-0.3, -0.25) is 4.99 Å². The van der Waals surface area contributed by atoms with Crippen molar-refractivity contribution in [3.05, 3.63) is 29.8 Å². The molecule has 1 atom stereocenters. The van der Waals surface area contributed by atoms with Gasteiger partial charge in [0.2, 0.25) is 0 Å². The molecule has 0 aliphatic carbocycles. The Labute approximate surface area is 118 Å². The fourth-order valence-electron chi connectivity index (χ4n) is 1.78. The van der Waals surface area contributed by atoms with Crippen LogP contribution in [-0.2, 0) is 4.74 Å². The van der Waals surface area contributed by atoms with E-state index in [2.05, 4.69) is 17.2 Å². The first-order valence-corrected chi connectivity index (χ1v) is 5.95. The van der Waals surface area contributed by atoms with Crippen molar-refractivity contribution in [3.63, 3.8) is 0 Å². The van der Waals surface area contributed by atoms with E-state index in [4.69, 9.17) is 10.5 Å². The Morgan fingerprint density at radius 3 is 2.78 bits per heavy atom. The van der Waals surface area contributed by atoms with E-state index in [-0.39, 0.29) is 17.0 Å². The van der Waals surface area contributed by atoms with E-state index in [1.807, 2.05) is 24.3 Å². The zero-order chi connectivity index (χ0) is 12.1. The van der Waals surface area contributed by atoms with Crippen LogP contribution >= 0.6 is 17.0 Å². The van der Waals surface area contributed by atoms with Gasteiger partial charge in [0, 0.05) is 24.8 Å². The highest BCUT2D eigenvalue weighted by Gasteiger charge is 2.14. The van der Waals surface area contributed by atoms with Gasteiger partial charge in [-0.25, -0.2) is 0 Å². The van der Waals surface area contributed by atoms with Crippen molar-refractivity contribution in [3.8, 4) is 0 Å². The molecule has 1 unspecified atom stereocenters. The highest BCUT2D eigenvalue weighted by Crippen LogP contribution is 2.12. The SMILES string of the molecule is Br.Cc1ccc(NC(N)=NCC2CCOC2)cc1. The van der Waals surface area contributed by atoms with Gasteiger partial charge in [-0.05, 0) is 25.5 Å². The average Bonchev–Trinajstić information content (AvgIpc) is 2.83. The lowest BCUT2D eigenvalue weighted by Gasteiger charge is -2.07. The molecular weight excluding hydrogens is 294 g/mol. The van der Waals surface area contributed by atoms with Crippen LogP contribution in [0, 0.1) is 12.8 Å². The Balaban J connectivity index is 0.00000162. The molecule has 0 saturated carbocycles. The molecular formula is C13H20BrN3O. The number of hydrogen-bond acceptors (Lipinski definition) is 2. The molecule has 18 heavy (non-hydrogen) atoms. The van der Waals surface area contributed by atoms with E-state index in [0.717, 1.165) is 31.9 Å². The highest BCUT2D eigenvalue weighted by molar-refractivity contribution is 8.93. The molecule has 1 aliphatic rings. The number of anilines is 1. The van der Waals surface area contributed by atoms with Crippen LogP contribution in [0.1, 0.15) is 12.0 Å². The summed E-state index contributed by atoms with van der Waals surface area (Å²) in [6.07, 6.45) is 1.08. The molecule has 1 saturated heterocycles. The van der Waals surface area contributed by atoms with Gasteiger partial charge >= 0.3 is 0 Å². The molecule has 1 aromatic rings. The van der Waals surface area contributed by atoms with Crippen molar-refractivity contribution in [1.82, 2.24) is 0 Å². The number of aryl methyl sites for hydroxylation is 1. The van der Waals surface area contributed by atoms with Gasteiger partial charge in [-0.15, -0.1) is 17.0 Å². The van der Waals surface area contributed by atoms with Gasteiger partial charge in [0.1, 0.15) is 0 Å². The first kappa shape index (κ1) is 15.0. The summed E-state index contributed by atoms with van der Waals surface area (Å²) in [6.45, 7) is 4.46. The summed E-state index contributed by atoms with van der Waals surface area (Å²) in [5, 5.41) is 3.08. The van der Waals surface area contributed by atoms with Gasteiger partial charge in [0.25, 0.3) is 0 Å². The second-order valence-electron chi connectivity index (χ2n) is 4.45. The standard InChI is InChI=1S/C13H19N3O.BrH/c1-10-2-4-12(5-3-10)16-13(14)15-8-11-6-7-17-9-11;/h2-5,11H,6-9H2,1H3,(H3,14,15,16);1H. The van der Waals surface area contributed by atoms with Crippen LogP contribution in [0.15, 0.2) is 29.3 Å². The number of benzene rings is 1. The monoisotopic (exact) mass is 313 g/mol. The first-order chi connectivity index (χ1) is 8.24. The number of rotatable bonds is 3. The lowest BCUT2D eigenvalue weighted by molar-refractivity contribution is 0.187. The number of ether oxygens (including phenoxy) is 1. The summed E-state index contributed by atoms with van der Waals surface area (Å²) in [4.78, 5) is 4.33. The van der Waals surface area contributed by atoms with E-state index >= 15 is 0 Å². The van der Waals surface area contributed by atoms with E-state index < -0.39 is 0 Å². The minimum absolute atomic E-state index is 0. The summed E-state index contributed by atoms with van der Waals surface area (Å²) < 4.78 is 5.29. The second kappa shape index (κ2) is 7.38. The predicted molar refractivity (Wildman–Crippen MR) is 80.5 cm³/mol. The molecule has 1 aliphatic heterocycles. The molecule has 3 N–H and O–H groups in total. The normalized spacial score (nSPS) is 19.4. The molecule has 5 heteroatoms. The number of guanidine groups is 1. The van der Waals surface area contributed by atoms with Crippen LogP contribution in [0.4, 0.5) is 5.69 Å². The minimum atomic E-state index is 0. The van der Waals surface area contributed by atoms with E-state index in [9.17, 15) is 0 Å². The van der Waals surface area contributed by atoms with E-state index in [1.165, 1.54) is 5.56 Å². The maximum Gasteiger partial charge on any atom is 0.193 e. The van der Waals surface area contributed by atoms with Crippen molar-refractivity contribution >= 4 is 28.6 Å². The van der Waals surface area contributed by atoms with Crippen molar-refractivity contribution in [2.24, 2.45) is 16.6 Å². The molecule has 1 fully saturated rings. The number of nitrogens with one attached hydrogen (secondary N) is 1. The van der Waals surface area contributed by atoms with Crippen LogP contribution in [-0.4, -0.2) is 25.7 Å². The Hall–Kier alpha value is -1.07. The molecule has 0 radical (unpaired) electrons. The third-order valence-electron chi connectivity index (χ3n) is 2.87. The Morgan fingerprint density at radius 1 is 1.44 bits per heavy atom. The molecule has 0 spiro atoms. The summed E-state index contributed by atoms with van der Waals surface area (Å²) >= 11 is 0. The highest BCUT2D eigenvalue weighted by atomic mass is 79.9. The van der Waals surface area contributed by atoms with Gasteiger partial charge in [0.05, 0.1) is 6.61 Å². The van der Waals surface area contributed by atoms with Crippen LogP contribution < -0.4 is 11.1 Å². The smallest absolute Gasteiger partial charge is 0.193 e. The molecule has 100 valence electrons. The Kier molecular flexibility index (Phi) is 6.15. The quantitative estimate of drug-likeness (QED) is 0.665. The van der Waals surface area contributed by atoms with Crippen molar-refractivity contribution in [1.29, 1.82) is 0 Å². The molecule has 1 aromatic carbocycles. The lowest BCUT2D eigenvalue weighted by Crippen LogP contribution is -2.23. The Bertz CT molecular complexity index is 386. The number of nitrogens with zero attached hydrogens (tertiary/aromatic N) is 1. The van der Waals surface area contributed by atoms with E-state index in [1.54, 1.807) is 0 Å². The van der Waals surface area contributed by atoms with Crippen molar-refractivity contribution in [2.75, 3.05) is 25.1 Å². The number of aliphatic imine (C=N–C) groups is 1. The number of halogens is 1. The van der Waals surface area contributed by atoms with Gasteiger partial charge < -0.3 is 15.8 Å². The molecule has 0 amide bonds. The van der Waals surface area contributed by atoms with Crippen LogP contribution in [0.3, 0.4) is 0 Å². The van der Waals surface area contributed by atoms with Gasteiger partial charge in [-0.2, -0.15) is 0 Å². The number of hydrogen-bond donors (Lipinski definition) is 2. The predicted octanol–water partition coefficient (Wildman–Crippen LogP) is 2.34. The largest absolute Gasteiger partial charge is 0.381 e. The first-order valence-electron chi connectivity index (χ1n) is 5.95. The third-order valence-corrected chi connectivity index (χ3v) is 2.87. The number of nitrogens with two attached hydrogens (primary N) is 1. The summed E-state index contributed by atoms with van der Waals surface area (Å²) in [7, 11) is 0. The molecule has 2 rings (SSSR count). The van der Waals surface area contributed by atoms with Crippen LogP contribution in [0.5, 0.6) is 0 Å². The Morgan fingerprint density at radius 2 is 2.17 bits per heavy atom. The fraction of sp³-hybridized carbons (Fsp3) is 0.462. The van der Waals surface area contributed by atoms with Crippen molar-refractivity contribution < 1.29 is 4.74 Å². The summed E-state index contributed by atoms with van der Waals surface area (Å²) in [6, 6.07) is 8.08. The minimum Gasteiger partial charge on any atom is -0.381 e. The third kappa shape index (κ3) is 4.66. The molecule has 0 aromatic heterocycles. The molecule has 1 heterocycles. The fourth-order valence-corrected chi connectivity index (χ4v) is 1.78. The molecule has 4 nitrogen and oxygen atoms in total. The zero-order valence-electron chi connectivity index (χ0n) is 10.6. The van der Waals surface area contributed by atoms with E-state index in [0.29, 0.717) is 11.9 Å². The van der Waals surface area contributed by atoms with Crippen LogP contribution in [0.2, 0.25) is 0 Å². The zero-order valence-corrected chi connectivity index (χ0v) is 12.3.